The van der Waals surface area contributed by atoms with Gasteiger partial charge in [-0.1, -0.05) is 23.2 Å². The van der Waals surface area contributed by atoms with Crippen molar-refractivity contribution in [1.29, 1.82) is 0 Å². The molecule has 1 aliphatic rings. The van der Waals surface area contributed by atoms with Crippen molar-refractivity contribution in [1.82, 2.24) is 5.32 Å². The van der Waals surface area contributed by atoms with Crippen LogP contribution in [-0.2, 0) is 4.74 Å². The second kappa shape index (κ2) is 4.83. The maximum absolute atomic E-state index is 6.13. The van der Waals surface area contributed by atoms with Crippen LogP contribution in [0.1, 0.15) is 31.9 Å². The van der Waals surface area contributed by atoms with E-state index in [-0.39, 0.29) is 11.6 Å². The maximum atomic E-state index is 6.13. The van der Waals surface area contributed by atoms with Gasteiger partial charge in [-0.05, 0) is 31.9 Å². The monoisotopic (exact) mass is 279 g/mol. The lowest BCUT2D eigenvalue weighted by Crippen LogP contribution is -2.44. The minimum Gasteiger partial charge on any atom is -0.379 e. The van der Waals surface area contributed by atoms with E-state index in [1.165, 1.54) is 11.3 Å². The van der Waals surface area contributed by atoms with E-state index in [0.29, 0.717) is 0 Å². The molecule has 0 saturated carbocycles. The lowest BCUT2D eigenvalue weighted by atomic mass is 9.99. The molecule has 1 fully saturated rings. The summed E-state index contributed by atoms with van der Waals surface area (Å²) in [4.78, 5) is 0. The van der Waals surface area contributed by atoms with Crippen LogP contribution in [-0.4, -0.2) is 18.8 Å². The molecule has 1 aromatic heterocycles. The van der Waals surface area contributed by atoms with E-state index in [4.69, 9.17) is 27.9 Å². The Hall–Kier alpha value is 0.200. The average molecular weight is 280 g/mol. The van der Waals surface area contributed by atoms with Gasteiger partial charge in [0.1, 0.15) is 0 Å². The van der Waals surface area contributed by atoms with Gasteiger partial charge in [0.25, 0.3) is 0 Å². The highest BCUT2D eigenvalue weighted by Crippen LogP contribution is 2.36. The van der Waals surface area contributed by atoms with Gasteiger partial charge in [0, 0.05) is 18.2 Å². The number of hydrogen-bond acceptors (Lipinski definition) is 3. The molecule has 1 saturated heterocycles. The third-order valence-electron chi connectivity index (χ3n) is 2.93. The maximum Gasteiger partial charge on any atom is 0.0991 e. The van der Waals surface area contributed by atoms with Gasteiger partial charge in [0.15, 0.2) is 0 Å². The normalized spacial score (nSPS) is 27.2. The zero-order valence-electron chi connectivity index (χ0n) is 9.35. The summed E-state index contributed by atoms with van der Waals surface area (Å²) in [5.41, 5.74) is 1.13. The van der Waals surface area contributed by atoms with Crippen molar-refractivity contribution >= 4 is 34.5 Å². The van der Waals surface area contributed by atoms with Crippen LogP contribution in [0.2, 0.25) is 8.67 Å². The van der Waals surface area contributed by atoms with Crippen LogP contribution in [0.5, 0.6) is 0 Å². The summed E-state index contributed by atoms with van der Waals surface area (Å²) in [5, 5.41) is 3.56. The van der Waals surface area contributed by atoms with Gasteiger partial charge in [-0.25, -0.2) is 0 Å². The first-order chi connectivity index (χ1) is 7.50. The molecule has 1 aromatic rings. The fourth-order valence-corrected chi connectivity index (χ4v) is 3.68. The lowest BCUT2D eigenvalue weighted by Gasteiger charge is -2.28. The Morgan fingerprint density at radius 3 is 2.81 bits per heavy atom. The predicted molar refractivity (Wildman–Crippen MR) is 69.7 cm³/mol. The standard InChI is InChI=1S/C11H15Cl2NOS/c1-7(8-5-9(12)16-10(8)13)14-11(2)3-4-15-6-11/h5,7,14H,3-4,6H2,1-2H3. The van der Waals surface area contributed by atoms with Crippen molar-refractivity contribution in [2.45, 2.75) is 31.8 Å². The van der Waals surface area contributed by atoms with Gasteiger partial charge in [-0.2, -0.15) is 0 Å². The van der Waals surface area contributed by atoms with E-state index in [1.54, 1.807) is 0 Å². The van der Waals surface area contributed by atoms with Crippen LogP contribution in [0.15, 0.2) is 6.07 Å². The van der Waals surface area contributed by atoms with E-state index >= 15 is 0 Å². The van der Waals surface area contributed by atoms with Crippen LogP contribution in [0.3, 0.4) is 0 Å². The number of rotatable bonds is 3. The summed E-state index contributed by atoms with van der Waals surface area (Å²) in [7, 11) is 0. The molecule has 1 aliphatic heterocycles. The Kier molecular flexibility index (Phi) is 3.82. The highest BCUT2D eigenvalue weighted by Gasteiger charge is 2.31. The minimum atomic E-state index is 0.0527. The van der Waals surface area contributed by atoms with E-state index < -0.39 is 0 Å². The third-order valence-corrected chi connectivity index (χ3v) is 4.45. The largest absolute Gasteiger partial charge is 0.379 e. The van der Waals surface area contributed by atoms with Gasteiger partial charge < -0.3 is 10.1 Å². The highest BCUT2D eigenvalue weighted by molar-refractivity contribution is 7.20. The van der Waals surface area contributed by atoms with Crippen LogP contribution in [0.25, 0.3) is 0 Å². The number of ether oxygens (including phenoxy) is 1. The molecule has 16 heavy (non-hydrogen) atoms. The van der Waals surface area contributed by atoms with Gasteiger partial charge in [-0.3, -0.25) is 0 Å². The van der Waals surface area contributed by atoms with Gasteiger partial charge >= 0.3 is 0 Å². The number of thiophene rings is 1. The van der Waals surface area contributed by atoms with E-state index in [9.17, 15) is 0 Å². The van der Waals surface area contributed by atoms with Crippen molar-refractivity contribution in [3.63, 3.8) is 0 Å². The molecule has 2 nitrogen and oxygen atoms in total. The Balaban J connectivity index is 2.07. The Labute approximate surface area is 110 Å². The topological polar surface area (TPSA) is 21.3 Å². The van der Waals surface area contributed by atoms with Gasteiger partial charge in [-0.15, -0.1) is 11.3 Å². The SMILES string of the molecule is CC(NC1(C)CCOC1)c1cc(Cl)sc1Cl. The lowest BCUT2D eigenvalue weighted by molar-refractivity contribution is 0.167. The zero-order valence-corrected chi connectivity index (χ0v) is 11.7. The molecular formula is C11H15Cl2NOS. The summed E-state index contributed by atoms with van der Waals surface area (Å²) < 4.78 is 6.92. The van der Waals surface area contributed by atoms with E-state index in [0.717, 1.165) is 33.9 Å². The Morgan fingerprint density at radius 2 is 2.31 bits per heavy atom. The smallest absolute Gasteiger partial charge is 0.0991 e. The predicted octanol–water partition coefficient (Wildman–Crippen LogP) is 3.88. The van der Waals surface area contributed by atoms with Crippen LogP contribution in [0, 0.1) is 0 Å². The Bertz CT molecular complexity index is 374. The van der Waals surface area contributed by atoms with Crippen molar-refractivity contribution in [3.05, 3.63) is 20.3 Å². The number of halogens is 2. The van der Waals surface area contributed by atoms with Crippen molar-refractivity contribution < 1.29 is 4.74 Å². The summed E-state index contributed by atoms with van der Waals surface area (Å²) in [6.45, 7) is 5.87. The molecule has 0 bridgehead atoms. The minimum absolute atomic E-state index is 0.0527. The second-order valence-electron chi connectivity index (χ2n) is 4.51. The molecule has 2 heterocycles. The molecule has 0 radical (unpaired) electrons. The summed E-state index contributed by atoms with van der Waals surface area (Å²) in [5.74, 6) is 0. The van der Waals surface area contributed by atoms with E-state index in [2.05, 4.69) is 19.2 Å². The van der Waals surface area contributed by atoms with Crippen LogP contribution >= 0.6 is 34.5 Å². The third kappa shape index (κ3) is 2.71. The highest BCUT2D eigenvalue weighted by atomic mass is 35.5. The second-order valence-corrected chi connectivity index (χ2v) is 6.79. The molecule has 2 unspecified atom stereocenters. The molecule has 90 valence electrons. The molecule has 0 spiro atoms. The zero-order chi connectivity index (χ0) is 11.8. The summed E-state index contributed by atoms with van der Waals surface area (Å²) >= 11 is 13.5. The number of hydrogen-bond donors (Lipinski definition) is 1. The molecule has 2 atom stereocenters. The molecule has 0 aliphatic carbocycles. The van der Waals surface area contributed by atoms with E-state index in [1.807, 2.05) is 6.07 Å². The van der Waals surface area contributed by atoms with Crippen molar-refractivity contribution in [2.24, 2.45) is 0 Å². The van der Waals surface area contributed by atoms with Crippen LogP contribution < -0.4 is 5.32 Å². The molecule has 0 aromatic carbocycles. The molecule has 1 N–H and O–H groups in total. The number of nitrogens with one attached hydrogen (secondary N) is 1. The molecule has 0 amide bonds. The first-order valence-corrected chi connectivity index (χ1v) is 6.88. The first-order valence-electron chi connectivity index (χ1n) is 5.30. The molecule has 2 rings (SSSR count). The van der Waals surface area contributed by atoms with Gasteiger partial charge in [0.2, 0.25) is 0 Å². The summed E-state index contributed by atoms with van der Waals surface area (Å²) in [6, 6.07) is 2.13. The quantitative estimate of drug-likeness (QED) is 0.907. The Morgan fingerprint density at radius 1 is 1.56 bits per heavy atom. The molecule has 5 heteroatoms. The fraction of sp³-hybridized carbons (Fsp3) is 0.636. The van der Waals surface area contributed by atoms with Crippen molar-refractivity contribution in [3.8, 4) is 0 Å². The van der Waals surface area contributed by atoms with Crippen LogP contribution in [0.4, 0.5) is 0 Å². The fourth-order valence-electron chi connectivity index (χ4n) is 2.03. The van der Waals surface area contributed by atoms with Gasteiger partial charge in [0.05, 0.1) is 15.3 Å². The summed E-state index contributed by atoms with van der Waals surface area (Å²) in [6.07, 6.45) is 1.03. The average Bonchev–Trinajstić information content (AvgIpc) is 2.73. The first kappa shape index (κ1) is 12.7. The van der Waals surface area contributed by atoms with Crippen molar-refractivity contribution in [2.75, 3.05) is 13.2 Å². The molecular weight excluding hydrogens is 265 g/mol.